The summed E-state index contributed by atoms with van der Waals surface area (Å²) in [5.41, 5.74) is 0.0486. The van der Waals surface area contributed by atoms with Gasteiger partial charge in [0.15, 0.2) is 0 Å². The average molecular weight is 255 g/mol. The molecule has 0 fully saturated rings. The van der Waals surface area contributed by atoms with Crippen LogP contribution in [0.2, 0.25) is 12.2 Å². The van der Waals surface area contributed by atoms with Crippen molar-refractivity contribution in [2.24, 2.45) is 0 Å². The van der Waals surface area contributed by atoms with Crippen molar-refractivity contribution in [3.05, 3.63) is 0 Å². The van der Waals surface area contributed by atoms with Crippen LogP contribution >= 0.6 is 0 Å². The maximum Gasteiger partial charge on any atom is 0.401 e. The van der Waals surface area contributed by atoms with Crippen molar-refractivity contribution in [1.29, 1.82) is 0 Å². The second kappa shape index (κ2) is 5.00. The van der Waals surface area contributed by atoms with Crippen LogP contribution in [0.4, 0.5) is 8.22 Å². The van der Waals surface area contributed by atoms with E-state index in [0.717, 1.165) is 0 Å². The molecule has 15 heavy (non-hydrogen) atoms. The van der Waals surface area contributed by atoms with Crippen molar-refractivity contribution in [2.75, 3.05) is 42.3 Å². The van der Waals surface area contributed by atoms with Crippen LogP contribution in [0.25, 0.3) is 0 Å². The fourth-order valence-electron chi connectivity index (χ4n) is 1.28. The summed E-state index contributed by atoms with van der Waals surface area (Å²) in [6.45, 7) is 1.56. The molecule has 1 atom stereocenters. The van der Waals surface area contributed by atoms with Gasteiger partial charge in [-0.25, -0.2) is 0 Å². The quantitative estimate of drug-likeness (QED) is 0.539. The minimum atomic E-state index is -3.29. The van der Waals surface area contributed by atoms with Gasteiger partial charge in [-0.05, 0) is 48.8 Å². The first kappa shape index (κ1) is 15.2. The summed E-state index contributed by atoms with van der Waals surface area (Å²) < 4.78 is 33.6. The van der Waals surface area contributed by atoms with E-state index >= 15 is 0 Å². The Morgan fingerprint density at radius 1 is 0.800 bits per heavy atom. The molecule has 7 heteroatoms. The Hall–Kier alpha value is 0.174. The van der Waals surface area contributed by atoms with E-state index in [0.29, 0.717) is 0 Å². The van der Waals surface area contributed by atoms with Crippen molar-refractivity contribution >= 4 is 17.3 Å². The Bertz CT molecular complexity index is 202. The highest BCUT2D eigenvalue weighted by atomic mass is 28.5. The Morgan fingerprint density at radius 3 is 1.33 bits per heavy atom. The molecular weight excluding hydrogens is 232 g/mol. The van der Waals surface area contributed by atoms with Crippen LogP contribution in [0.3, 0.4) is 0 Å². The zero-order valence-electron chi connectivity index (χ0n) is 10.8. The molecule has 0 bridgehead atoms. The highest BCUT2D eigenvalue weighted by Crippen LogP contribution is 2.26. The molecule has 0 aliphatic carbocycles. The Morgan fingerprint density at radius 2 is 1.13 bits per heavy atom. The number of hydrogen-bond donors (Lipinski definition) is 0. The molecule has 0 aliphatic rings. The van der Waals surface area contributed by atoms with Crippen molar-refractivity contribution in [3.8, 4) is 0 Å². The van der Waals surface area contributed by atoms with Crippen LogP contribution in [-0.2, 0) is 0 Å². The summed E-state index contributed by atoms with van der Waals surface area (Å²) in [7, 11) is 3.73. The highest BCUT2D eigenvalue weighted by Gasteiger charge is 2.50. The van der Waals surface area contributed by atoms with E-state index < -0.39 is 17.3 Å². The molecule has 3 nitrogen and oxygen atoms in total. The summed E-state index contributed by atoms with van der Waals surface area (Å²) >= 11 is 0. The predicted molar refractivity (Wildman–Crippen MR) is 65.5 cm³/mol. The van der Waals surface area contributed by atoms with E-state index in [4.69, 9.17) is 0 Å². The third-order valence-electron chi connectivity index (χ3n) is 2.85. The zero-order valence-corrected chi connectivity index (χ0v) is 12.8. The maximum absolute atomic E-state index is 14.7. The molecule has 1 unspecified atom stereocenters. The Balaban J connectivity index is 4.85. The molecule has 0 radical (unpaired) electrons. The van der Waals surface area contributed by atoms with Gasteiger partial charge in [-0.3, -0.25) is 17.3 Å². The van der Waals surface area contributed by atoms with Gasteiger partial charge in [-0.2, -0.15) is 0 Å². The fraction of sp³-hybridized carbons (Fsp3) is 1.00. The third-order valence-corrected chi connectivity index (χ3v) is 11.8. The Labute approximate surface area is 94.3 Å². The summed E-state index contributed by atoms with van der Waals surface area (Å²) in [6, 6.07) is 0. The predicted octanol–water partition coefficient (Wildman–Crippen LogP) is 1.16. The normalized spacial score (nSPS) is 17.6. The SMILES string of the molecule is CN(C)[Si](C)(F)C[Si](F)(N(C)C)N(C)C. The third kappa shape index (κ3) is 3.59. The lowest BCUT2D eigenvalue weighted by molar-refractivity contribution is 0.399. The molecule has 0 aromatic carbocycles. The summed E-state index contributed by atoms with van der Waals surface area (Å²) in [5, 5.41) is 0. The summed E-state index contributed by atoms with van der Waals surface area (Å²) in [6.07, 6.45) is 0. The first-order chi connectivity index (χ1) is 6.54. The molecule has 0 amide bonds. The van der Waals surface area contributed by atoms with Crippen LogP contribution in [0.15, 0.2) is 0 Å². The number of halogens is 2. The minimum absolute atomic E-state index is 0.0486. The largest absolute Gasteiger partial charge is 0.401 e. The van der Waals surface area contributed by atoms with E-state index in [-0.39, 0.29) is 5.67 Å². The van der Waals surface area contributed by atoms with E-state index in [1.54, 1.807) is 62.5 Å². The van der Waals surface area contributed by atoms with Crippen molar-refractivity contribution in [1.82, 2.24) is 13.7 Å². The van der Waals surface area contributed by atoms with Gasteiger partial charge in [0.1, 0.15) is 0 Å². The van der Waals surface area contributed by atoms with Gasteiger partial charge in [-0.1, -0.05) is 0 Å². The molecule has 0 heterocycles. The molecule has 0 aliphatic heterocycles. The first-order valence-electron chi connectivity index (χ1n) is 4.94. The second-order valence-electron chi connectivity index (χ2n) is 4.72. The fourth-order valence-corrected chi connectivity index (χ4v) is 9.16. The van der Waals surface area contributed by atoms with Crippen LogP contribution < -0.4 is 0 Å². The lowest BCUT2D eigenvalue weighted by Gasteiger charge is -2.38. The van der Waals surface area contributed by atoms with E-state index in [2.05, 4.69) is 0 Å². The van der Waals surface area contributed by atoms with Gasteiger partial charge in [-0.15, -0.1) is 0 Å². The molecular formula is C8H23F2N3Si2. The highest BCUT2D eigenvalue weighted by molar-refractivity contribution is 6.86. The van der Waals surface area contributed by atoms with E-state index in [1.807, 2.05) is 0 Å². The van der Waals surface area contributed by atoms with E-state index in [9.17, 15) is 8.22 Å². The van der Waals surface area contributed by atoms with Crippen LogP contribution in [0, 0.1) is 0 Å². The van der Waals surface area contributed by atoms with Crippen molar-refractivity contribution in [2.45, 2.75) is 12.2 Å². The standard InChI is InChI=1S/C8H23F2N3Si2/c1-11(2)14(7,9)8-15(10,12(3)4)13(5)6/h8H2,1-7H3. The average Bonchev–Trinajstić information content (AvgIpc) is 2.02. The smallest absolute Gasteiger partial charge is 0.305 e. The molecule has 0 rings (SSSR count). The van der Waals surface area contributed by atoms with Gasteiger partial charge < -0.3 is 4.57 Å². The topological polar surface area (TPSA) is 9.72 Å². The number of nitrogens with zero attached hydrogens (tertiary/aromatic N) is 3. The molecule has 0 spiro atoms. The van der Waals surface area contributed by atoms with E-state index in [1.165, 1.54) is 0 Å². The minimum Gasteiger partial charge on any atom is -0.305 e. The Kier molecular flexibility index (Phi) is 5.06. The summed E-state index contributed by atoms with van der Waals surface area (Å²) in [4.78, 5) is 0. The molecule has 0 saturated heterocycles. The monoisotopic (exact) mass is 255 g/mol. The van der Waals surface area contributed by atoms with Gasteiger partial charge in [0.05, 0.1) is 0 Å². The van der Waals surface area contributed by atoms with Crippen LogP contribution in [0.5, 0.6) is 0 Å². The lowest BCUT2D eigenvalue weighted by atomic mass is 11.3. The van der Waals surface area contributed by atoms with Gasteiger partial charge in [0.25, 0.3) is 0 Å². The summed E-state index contributed by atoms with van der Waals surface area (Å²) in [5.74, 6) is 0. The van der Waals surface area contributed by atoms with Crippen LogP contribution in [0.1, 0.15) is 0 Å². The maximum atomic E-state index is 14.7. The first-order valence-corrected chi connectivity index (χ1v) is 9.45. The molecule has 0 aromatic heterocycles. The molecule has 0 aromatic rings. The molecule has 0 N–H and O–H groups in total. The van der Waals surface area contributed by atoms with Gasteiger partial charge in [0.2, 0.25) is 0 Å². The van der Waals surface area contributed by atoms with Gasteiger partial charge >= 0.3 is 17.3 Å². The number of rotatable bonds is 5. The lowest BCUT2D eigenvalue weighted by Crippen LogP contribution is -2.63. The second-order valence-corrected chi connectivity index (χ2v) is 12.5. The molecule has 92 valence electrons. The molecule has 0 saturated carbocycles. The number of hydrogen-bond acceptors (Lipinski definition) is 3. The van der Waals surface area contributed by atoms with Crippen molar-refractivity contribution in [3.63, 3.8) is 0 Å². The van der Waals surface area contributed by atoms with Crippen LogP contribution in [-0.4, -0.2) is 73.3 Å². The van der Waals surface area contributed by atoms with Crippen molar-refractivity contribution < 1.29 is 8.22 Å². The zero-order chi connectivity index (χ0) is 12.4. The van der Waals surface area contributed by atoms with Gasteiger partial charge in [0, 0.05) is 5.67 Å².